The van der Waals surface area contributed by atoms with E-state index < -0.39 is 25.5 Å². The number of nitro benzene ring substituents is 1. The third kappa shape index (κ3) is 2.21. The zero-order valence-electron chi connectivity index (χ0n) is 7.38. The smallest absolute Gasteiger partial charge is 0.291 e. The molecule has 15 heavy (non-hydrogen) atoms. The second kappa shape index (κ2) is 3.81. The first-order valence-electron chi connectivity index (χ1n) is 3.65. The van der Waals surface area contributed by atoms with E-state index in [1.807, 2.05) is 0 Å². The van der Waals surface area contributed by atoms with Crippen molar-refractivity contribution in [3.05, 3.63) is 28.3 Å². The normalized spacial score (nSPS) is 11.3. The maximum absolute atomic E-state index is 11.3. The quantitative estimate of drug-likeness (QED) is 0.273. The Balaban J connectivity index is 3.49. The summed E-state index contributed by atoms with van der Waals surface area (Å²) in [5, 5.41) is 10.6. The van der Waals surface area contributed by atoms with Crippen LogP contribution in [0.3, 0.4) is 0 Å². The second-order valence-corrected chi connectivity index (χ2v) is 4.29. The molecule has 0 saturated carbocycles. The van der Waals surface area contributed by atoms with Gasteiger partial charge in [-0.15, -0.1) is 4.83 Å². The van der Waals surface area contributed by atoms with E-state index in [2.05, 4.69) is 0 Å². The van der Waals surface area contributed by atoms with Gasteiger partial charge in [-0.1, -0.05) is 0 Å². The van der Waals surface area contributed by atoms with Gasteiger partial charge in [-0.05, 0) is 12.1 Å². The Morgan fingerprint density at radius 3 is 2.47 bits per heavy atom. The van der Waals surface area contributed by atoms with Gasteiger partial charge in [0, 0.05) is 11.8 Å². The highest BCUT2D eigenvalue weighted by Crippen LogP contribution is 2.25. The monoisotopic (exact) mass is 232 g/mol. The molecule has 1 aromatic rings. The molecule has 82 valence electrons. The molecule has 0 saturated heterocycles. The van der Waals surface area contributed by atoms with E-state index in [9.17, 15) is 18.5 Å². The van der Waals surface area contributed by atoms with Crippen molar-refractivity contribution in [1.82, 2.24) is 4.83 Å². The summed E-state index contributed by atoms with van der Waals surface area (Å²) in [6, 6.07) is 3.20. The van der Waals surface area contributed by atoms with Crippen LogP contribution < -0.4 is 16.4 Å². The Kier molecular flexibility index (Phi) is 2.88. The molecule has 0 spiro atoms. The standard InChI is InChI=1S/C6H8N4O4S/c7-4-1-2-6(15(13,14)9-8)5(3-4)10(11)12/h1-3,9H,7-8H2. The fourth-order valence-electron chi connectivity index (χ4n) is 0.968. The van der Waals surface area contributed by atoms with Gasteiger partial charge in [0.05, 0.1) is 4.92 Å². The van der Waals surface area contributed by atoms with Crippen LogP contribution in [0.5, 0.6) is 0 Å². The van der Waals surface area contributed by atoms with E-state index >= 15 is 0 Å². The molecule has 0 aliphatic rings. The second-order valence-electron chi connectivity index (χ2n) is 2.61. The molecule has 0 amide bonds. The number of nitrogens with two attached hydrogens (primary N) is 2. The Bertz CT molecular complexity index is 498. The van der Waals surface area contributed by atoms with Crippen molar-refractivity contribution in [2.45, 2.75) is 4.90 Å². The molecular weight excluding hydrogens is 224 g/mol. The molecule has 5 N–H and O–H groups in total. The van der Waals surface area contributed by atoms with Crippen LogP contribution >= 0.6 is 0 Å². The van der Waals surface area contributed by atoms with Crippen molar-refractivity contribution in [3.63, 3.8) is 0 Å². The number of hydrazine groups is 1. The Hall–Kier alpha value is -1.71. The Morgan fingerprint density at radius 2 is 2.00 bits per heavy atom. The minimum Gasteiger partial charge on any atom is -0.399 e. The molecule has 0 bridgehead atoms. The van der Waals surface area contributed by atoms with Gasteiger partial charge >= 0.3 is 0 Å². The lowest BCUT2D eigenvalue weighted by atomic mass is 10.3. The largest absolute Gasteiger partial charge is 0.399 e. The minimum atomic E-state index is -4.06. The molecule has 0 heterocycles. The number of rotatable bonds is 3. The highest BCUT2D eigenvalue weighted by molar-refractivity contribution is 7.89. The third-order valence-corrected chi connectivity index (χ3v) is 2.86. The van der Waals surface area contributed by atoms with Gasteiger partial charge in [0.1, 0.15) is 0 Å². The van der Waals surface area contributed by atoms with Crippen molar-refractivity contribution in [1.29, 1.82) is 0 Å². The van der Waals surface area contributed by atoms with Gasteiger partial charge in [0.15, 0.2) is 4.90 Å². The van der Waals surface area contributed by atoms with E-state index in [0.717, 1.165) is 12.1 Å². The van der Waals surface area contributed by atoms with Crippen molar-refractivity contribution in [2.75, 3.05) is 5.73 Å². The topological polar surface area (TPSA) is 141 Å². The summed E-state index contributed by atoms with van der Waals surface area (Å²) in [6.45, 7) is 0. The number of nitro groups is 1. The predicted octanol–water partition coefficient (Wildman–Crippen LogP) is -0.671. The molecule has 0 aliphatic carbocycles. The first-order chi connectivity index (χ1) is 6.88. The molecule has 0 unspecified atom stereocenters. The number of hydrogen-bond acceptors (Lipinski definition) is 6. The molecule has 0 aromatic heterocycles. The zero-order valence-corrected chi connectivity index (χ0v) is 8.19. The lowest BCUT2D eigenvalue weighted by molar-refractivity contribution is -0.387. The number of hydrogen-bond donors (Lipinski definition) is 3. The van der Waals surface area contributed by atoms with E-state index in [4.69, 9.17) is 11.6 Å². The highest BCUT2D eigenvalue weighted by Gasteiger charge is 2.24. The number of sulfonamides is 1. The number of nitrogens with zero attached hydrogens (tertiary/aromatic N) is 1. The number of benzene rings is 1. The number of anilines is 1. The first kappa shape index (κ1) is 11.4. The zero-order chi connectivity index (χ0) is 11.6. The van der Waals surface area contributed by atoms with Crippen molar-refractivity contribution in [3.8, 4) is 0 Å². The van der Waals surface area contributed by atoms with Crippen LogP contribution in [-0.4, -0.2) is 13.3 Å². The molecule has 1 rings (SSSR count). The average molecular weight is 232 g/mol. The molecule has 8 nitrogen and oxygen atoms in total. The summed E-state index contributed by atoms with van der Waals surface area (Å²) < 4.78 is 22.5. The third-order valence-electron chi connectivity index (χ3n) is 1.62. The van der Waals surface area contributed by atoms with E-state index in [1.165, 1.54) is 10.9 Å². The van der Waals surface area contributed by atoms with Crippen LogP contribution in [0.1, 0.15) is 0 Å². The lowest BCUT2D eigenvalue weighted by Crippen LogP contribution is -2.30. The summed E-state index contributed by atoms with van der Waals surface area (Å²) in [5.74, 6) is 4.75. The van der Waals surface area contributed by atoms with Crippen LogP contribution in [0, 0.1) is 10.1 Å². The Morgan fingerprint density at radius 1 is 1.40 bits per heavy atom. The van der Waals surface area contributed by atoms with Crippen LogP contribution in [0.15, 0.2) is 23.1 Å². The first-order valence-corrected chi connectivity index (χ1v) is 5.13. The summed E-state index contributed by atoms with van der Waals surface area (Å²) in [4.78, 5) is 10.7. The van der Waals surface area contributed by atoms with Crippen molar-refractivity contribution >= 4 is 21.4 Å². The SMILES string of the molecule is NNS(=O)(=O)c1ccc(N)cc1[N+](=O)[O-]. The molecule has 9 heteroatoms. The average Bonchev–Trinajstić information content (AvgIpc) is 2.17. The fraction of sp³-hybridized carbons (Fsp3) is 0. The molecule has 0 fully saturated rings. The van der Waals surface area contributed by atoms with Crippen LogP contribution in [-0.2, 0) is 10.0 Å². The maximum atomic E-state index is 11.3. The summed E-state index contributed by atoms with van der Waals surface area (Å²) in [5.41, 5.74) is 4.78. The fourth-order valence-corrected chi connectivity index (χ4v) is 1.75. The van der Waals surface area contributed by atoms with Crippen molar-refractivity contribution < 1.29 is 13.3 Å². The predicted molar refractivity (Wildman–Crippen MR) is 52.0 cm³/mol. The van der Waals surface area contributed by atoms with Gasteiger partial charge in [0.25, 0.3) is 15.7 Å². The minimum absolute atomic E-state index is 0.0951. The number of nitrogens with one attached hydrogen (secondary N) is 1. The molecule has 0 radical (unpaired) electrons. The summed E-state index contributed by atoms with van der Waals surface area (Å²) in [7, 11) is -4.06. The van der Waals surface area contributed by atoms with E-state index in [0.29, 0.717) is 0 Å². The maximum Gasteiger partial charge on any atom is 0.291 e. The Labute approximate surface area is 85.0 Å². The van der Waals surface area contributed by atoms with Crippen LogP contribution in [0.2, 0.25) is 0 Å². The van der Waals surface area contributed by atoms with Crippen LogP contribution in [0.25, 0.3) is 0 Å². The highest BCUT2D eigenvalue weighted by atomic mass is 32.2. The number of nitrogen functional groups attached to an aromatic ring is 1. The molecule has 0 aliphatic heterocycles. The summed E-state index contributed by atoms with van der Waals surface area (Å²) in [6.07, 6.45) is 0. The van der Waals surface area contributed by atoms with E-state index in [1.54, 1.807) is 0 Å². The van der Waals surface area contributed by atoms with Gasteiger partial charge in [-0.2, -0.15) is 0 Å². The van der Waals surface area contributed by atoms with Gasteiger partial charge < -0.3 is 5.73 Å². The molecular formula is C6H8N4O4S. The van der Waals surface area contributed by atoms with Crippen molar-refractivity contribution in [2.24, 2.45) is 5.84 Å². The van der Waals surface area contributed by atoms with Gasteiger partial charge in [-0.3, -0.25) is 16.0 Å². The molecule has 1 aromatic carbocycles. The van der Waals surface area contributed by atoms with E-state index in [-0.39, 0.29) is 5.69 Å². The lowest BCUT2D eigenvalue weighted by Gasteiger charge is -2.03. The van der Waals surface area contributed by atoms with Gasteiger partial charge in [-0.25, -0.2) is 8.42 Å². The molecule has 0 atom stereocenters. The van der Waals surface area contributed by atoms with Crippen LogP contribution in [0.4, 0.5) is 11.4 Å². The van der Waals surface area contributed by atoms with Gasteiger partial charge in [0.2, 0.25) is 0 Å². The summed E-state index contributed by atoms with van der Waals surface area (Å²) >= 11 is 0.